The lowest BCUT2D eigenvalue weighted by atomic mass is 10.1. The summed E-state index contributed by atoms with van der Waals surface area (Å²) in [6, 6.07) is 9.39. The van der Waals surface area contributed by atoms with E-state index in [1.807, 2.05) is 25.3 Å². The van der Waals surface area contributed by atoms with Crippen molar-refractivity contribution in [2.24, 2.45) is 0 Å². The van der Waals surface area contributed by atoms with Crippen molar-refractivity contribution in [2.75, 3.05) is 13.7 Å². The maximum absolute atomic E-state index is 12.3. The first-order valence-corrected chi connectivity index (χ1v) is 8.16. The molecule has 0 aliphatic carbocycles. The number of thiophene rings is 1. The fraction of sp³-hybridized carbons (Fsp3) is 0.353. The van der Waals surface area contributed by atoms with Gasteiger partial charge in [0.15, 0.2) is 11.5 Å². The normalized spacial score (nSPS) is 11.8. The molecule has 22 heavy (non-hydrogen) atoms. The standard InChI is InChI=1S/C17H21NO3S/c1-4-21-15-8-7-13(11-16(15)20-3)17(19)18-12(2)10-14-6-5-9-22-14/h5-9,11-12H,4,10H2,1-3H3,(H,18,19). The molecule has 0 saturated heterocycles. The zero-order valence-corrected chi connectivity index (χ0v) is 13.9. The molecule has 0 aliphatic rings. The highest BCUT2D eigenvalue weighted by Gasteiger charge is 2.13. The predicted octanol–water partition coefficient (Wildman–Crippen LogP) is 3.52. The molecule has 1 aromatic carbocycles. The molecule has 0 bridgehead atoms. The van der Waals surface area contributed by atoms with Gasteiger partial charge >= 0.3 is 0 Å². The minimum Gasteiger partial charge on any atom is -0.493 e. The number of hydrogen-bond acceptors (Lipinski definition) is 4. The number of hydrogen-bond donors (Lipinski definition) is 1. The van der Waals surface area contributed by atoms with Gasteiger partial charge in [-0.25, -0.2) is 0 Å². The summed E-state index contributed by atoms with van der Waals surface area (Å²) in [5.41, 5.74) is 0.568. The van der Waals surface area contributed by atoms with E-state index in [1.54, 1.807) is 36.6 Å². The number of benzene rings is 1. The Balaban J connectivity index is 2.02. The SMILES string of the molecule is CCOc1ccc(C(=O)NC(C)Cc2cccs2)cc1OC. The fourth-order valence-electron chi connectivity index (χ4n) is 2.17. The first-order valence-electron chi connectivity index (χ1n) is 7.28. The van der Waals surface area contributed by atoms with E-state index in [2.05, 4.69) is 11.4 Å². The van der Waals surface area contributed by atoms with E-state index in [0.29, 0.717) is 23.7 Å². The minimum absolute atomic E-state index is 0.0729. The Hall–Kier alpha value is -2.01. The van der Waals surface area contributed by atoms with Gasteiger partial charge in [0.1, 0.15) is 0 Å². The van der Waals surface area contributed by atoms with Crippen molar-refractivity contribution in [3.8, 4) is 11.5 Å². The maximum atomic E-state index is 12.3. The van der Waals surface area contributed by atoms with Gasteiger partial charge in [0, 0.05) is 22.9 Å². The number of amides is 1. The molecule has 0 saturated carbocycles. The molecule has 0 aliphatic heterocycles. The summed E-state index contributed by atoms with van der Waals surface area (Å²) in [4.78, 5) is 13.6. The number of carbonyl (C=O) groups is 1. The fourth-order valence-corrected chi connectivity index (χ4v) is 3.01. The van der Waals surface area contributed by atoms with Crippen LogP contribution < -0.4 is 14.8 Å². The molecule has 1 amide bonds. The largest absolute Gasteiger partial charge is 0.493 e. The summed E-state index contributed by atoms with van der Waals surface area (Å²) in [5, 5.41) is 5.05. The van der Waals surface area contributed by atoms with Gasteiger partial charge in [-0.15, -0.1) is 11.3 Å². The van der Waals surface area contributed by atoms with Gasteiger partial charge in [0.05, 0.1) is 13.7 Å². The lowest BCUT2D eigenvalue weighted by Crippen LogP contribution is -2.33. The monoisotopic (exact) mass is 319 g/mol. The lowest BCUT2D eigenvalue weighted by Gasteiger charge is -2.14. The summed E-state index contributed by atoms with van der Waals surface area (Å²) in [7, 11) is 1.57. The average Bonchev–Trinajstić information content (AvgIpc) is 3.00. The first-order chi connectivity index (χ1) is 10.6. The third kappa shape index (κ3) is 4.24. The summed E-state index contributed by atoms with van der Waals surface area (Å²) in [6.45, 7) is 4.47. The van der Waals surface area contributed by atoms with Gasteiger partial charge in [-0.05, 0) is 43.5 Å². The van der Waals surface area contributed by atoms with Crippen LogP contribution in [0.5, 0.6) is 11.5 Å². The van der Waals surface area contributed by atoms with Crippen LogP contribution in [-0.4, -0.2) is 25.7 Å². The van der Waals surface area contributed by atoms with E-state index in [4.69, 9.17) is 9.47 Å². The maximum Gasteiger partial charge on any atom is 0.251 e. The Morgan fingerprint density at radius 2 is 2.14 bits per heavy atom. The Labute approximate surface area is 135 Å². The van der Waals surface area contributed by atoms with Crippen molar-refractivity contribution in [3.63, 3.8) is 0 Å². The highest BCUT2D eigenvalue weighted by atomic mass is 32.1. The van der Waals surface area contributed by atoms with Gasteiger partial charge in [-0.3, -0.25) is 4.79 Å². The Morgan fingerprint density at radius 3 is 2.77 bits per heavy atom. The molecule has 1 unspecified atom stereocenters. The number of carbonyl (C=O) groups excluding carboxylic acids is 1. The number of ether oxygens (including phenoxy) is 2. The van der Waals surface area contributed by atoms with Crippen molar-refractivity contribution in [1.29, 1.82) is 0 Å². The molecular formula is C17H21NO3S. The van der Waals surface area contributed by atoms with Crippen LogP contribution in [0.2, 0.25) is 0 Å². The van der Waals surface area contributed by atoms with Crippen LogP contribution in [0.15, 0.2) is 35.7 Å². The Bertz CT molecular complexity index is 610. The molecule has 1 aromatic heterocycles. The molecule has 0 radical (unpaired) electrons. The molecule has 1 heterocycles. The molecule has 1 atom stereocenters. The Morgan fingerprint density at radius 1 is 1.32 bits per heavy atom. The van der Waals surface area contributed by atoms with Crippen molar-refractivity contribution in [3.05, 3.63) is 46.2 Å². The smallest absolute Gasteiger partial charge is 0.251 e. The van der Waals surface area contributed by atoms with Crippen LogP contribution >= 0.6 is 11.3 Å². The second-order valence-corrected chi connectivity index (χ2v) is 5.99. The minimum atomic E-state index is -0.106. The highest BCUT2D eigenvalue weighted by Crippen LogP contribution is 2.28. The highest BCUT2D eigenvalue weighted by molar-refractivity contribution is 7.09. The van der Waals surface area contributed by atoms with E-state index in [9.17, 15) is 4.79 Å². The second kappa shape index (κ2) is 7.84. The molecule has 118 valence electrons. The van der Waals surface area contributed by atoms with Gasteiger partial charge in [-0.2, -0.15) is 0 Å². The zero-order valence-electron chi connectivity index (χ0n) is 13.1. The van der Waals surface area contributed by atoms with Crippen molar-refractivity contribution in [1.82, 2.24) is 5.32 Å². The average molecular weight is 319 g/mol. The number of rotatable bonds is 7. The third-order valence-corrected chi connectivity index (χ3v) is 4.09. The molecular weight excluding hydrogens is 298 g/mol. The summed E-state index contributed by atoms with van der Waals surface area (Å²) in [6.07, 6.45) is 0.831. The summed E-state index contributed by atoms with van der Waals surface area (Å²) in [5.74, 6) is 1.11. The first kappa shape index (κ1) is 16.4. The molecule has 2 rings (SSSR count). The van der Waals surface area contributed by atoms with Gasteiger partial charge in [-0.1, -0.05) is 6.07 Å². The van der Waals surface area contributed by atoms with Crippen LogP contribution in [0, 0.1) is 0 Å². The topological polar surface area (TPSA) is 47.6 Å². The van der Waals surface area contributed by atoms with Crippen LogP contribution in [-0.2, 0) is 6.42 Å². The Kier molecular flexibility index (Phi) is 5.83. The molecule has 0 spiro atoms. The van der Waals surface area contributed by atoms with E-state index in [0.717, 1.165) is 6.42 Å². The van der Waals surface area contributed by atoms with Crippen LogP contribution in [0.3, 0.4) is 0 Å². The van der Waals surface area contributed by atoms with Gasteiger partial charge in [0.2, 0.25) is 0 Å². The van der Waals surface area contributed by atoms with Crippen molar-refractivity contribution < 1.29 is 14.3 Å². The van der Waals surface area contributed by atoms with E-state index in [-0.39, 0.29) is 11.9 Å². The van der Waals surface area contributed by atoms with E-state index >= 15 is 0 Å². The van der Waals surface area contributed by atoms with Gasteiger partial charge in [0.25, 0.3) is 5.91 Å². The van der Waals surface area contributed by atoms with Crippen molar-refractivity contribution in [2.45, 2.75) is 26.3 Å². The van der Waals surface area contributed by atoms with Crippen LogP contribution in [0.1, 0.15) is 29.1 Å². The second-order valence-electron chi connectivity index (χ2n) is 4.96. The summed E-state index contributed by atoms with van der Waals surface area (Å²) < 4.78 is 10.7. The van der Waals surface area contributed by atoms with E-state index in [1.165, 1.54) is 4.88 Å². The number of methoxy groups -OCH3 is 1. The number of nitrogens with one attached hydrogen (secondary N) is 1. The molecule has 2 aromatic rings. The third-order valence-electron chi connectivity index (χ3n) is 3.19. The molecule has 4 nitrogen and oxygen atoms in total. The zero-order chi connectivity index (χ0) is 15.9. The van der Waals surface area contributed by atoms with Crippen LogP contribution in [0.4, 0.5) is 0 Å². The quantitative estimate of drug-likeness (QED) is 0.849. The van der Waals surface area contributed by atoms with Gasteiger partial charge < -0.3 is 14.8 Å². The lowest BCUT2D eigenvalue weighted by molar-refractivity contribution is 0.0940. The molecule has 0 fully saturated rings. The van der Waals surface area contributed by atoms with Crippen molar-refractivity contribution >= 4 is 17.2 Å². The molecule has 5 heteroatoms. The van der Waals surface area contributed by atoms with E-state index < -0.39 is 0 Å². The predicted molar refractivity (Wildman–Crippen MR) is 89.1 cm³/mol. The van der Waals surface area contributed by atoms with Crippen LogP contribution in [0.25, 0.3) is 0 Å². The summed E-state index contributed by atoms with van der Waals surface area (Å²) >= 11 is 1.70. The molecule has 1 N–H and O–H groups in total.